The van der Waals surface area contributed by atoms with Crippen LogP contribution in [0.25, 0.3) is 0 Å². The molecule has 2 aromatic rings. The molecule has 0 N–H and O–H groups in total. The first-order chi connectivity index (χ1) is 14.7. The van der Waals surface area contributed by atoms with Crippen LogP contribution < -0.4 is 14.2 Å². The fraction of sp³-hybridized carbons (Fsp3) is 0.458. The molecule has 30 heavy (non-hydrogen) atoms. The molecule has 6 heteroatoms. The Kier molecular flexibility index (Phi) is 6.43. The Morgan fingerprint density at radius 3 is 2.60 bits per heavy atom. The van der Waals surface area contributed by atoms with Crippen LogP contribution in [0.3, 0.4) is 0 Å². The van der Waals surface area contributed by atoms with Crippen LogP contribution in [-0.4, -0.2) is 37.8 Å². The second kappa shape index (κ2) is 9.39. The number of hydrogen-bond donors (Lipinski definition) is 0. The van der Waals surface area contributed by atoms with Crippen molar-refractivity contribution in [1.29, 1.82) is 0 Å². The van der Waals surface area contributed by atoms with Crippen LogP contribution in [0.2, 0.25) is 0 Å². The smallest absolute Gasteiger partial charge is 0.246 e. The Morgan fingerprint density at radius 1 is 1.00 bits per heavy atom. The number of carbonyl (C=O) groups is 1. The second-order valence-electron chi connectivity index (χ2n) is 7.92. The molecule has 160 valence electrons. The van der Waals surface area contributed by atoms with Crippen molar-refractivity contribution in [3.05, 3.63) is 53.6 Å². The summed E-state index contributed by atoms with van der Waals surface area (Å²) < 4.78 is 16.9. The monoisotopic (exact) mass is 411 g/mol. The summed E-state index contributed by atoms with van der Waals surface area (Å²) in [5, 5.41) is 1.48. The highest BCUT2D eigenvalue weighted by Crippen LogP contribution is 2.37. The van der Waals surface area contributed by atoms with Crippen molar-refractivity contribution >= 4 is 5.91 Å². The van der Waals surface area contributed by atoms with Gasteiger partial charge in [-0.05, 0) is 61.1 Å². The topological polar surface area (TPSA) is 57.2 Å². The van der Waals surface area contributed by atoms with E-state index in [9.17, 15) is 4.79 Å². The Hall–Kier alpha value is -2.73. The molecule has 2 aliphatic rings. The first kappa shape index (κ1) is 20.5. The molecule has 6 nitrogen and oxygen atoms in total. The summed E-state index contributed by atoms with van der Waals surface area (Å²) in [7, 11) is 3.29. The van der Waals surface area contributed by atoms with Crippen LogP contribution in [0.4, 0.5) is 0 Å². The Labute approximate surface area is 177 Å². The quantitative estimate of drug-likeness (QED) is 0.641. The molecule has 1 aliphatic carbocycles. The Balaban J connectivity index is 1.41. The molecule has 4 rings (SSSR count). The minimum Gasteiger partial charge on any atom is -0.497 e. The SMILES string of the molecule is COc1cccc(CON2CC(c3ccc(OC)c(OC4CCCC4)c3)CC2=O)c1. The van der Waals surface area contributed by atoms with Crippen molar-refractivity contribution in [2.24, 2.45) is 0 Å². The highest BCUT2D eigenvalue weighted by Gasteiger charge is 2.32. The van der Waals surface area contributed by atoms with E-state index >= 15 is 0 Å². The number of rotatable bonds is 8. The number of ether oxygens (including phenoxy) is 3. The standard InChI is InChI=1S/C24H29NO5/c1-27-21-9-5-6-17(12-21)16-29-25-15-19(14-24(25)26)18-10-11-22(28-2)23(13-18)30-20-7-3-4-8-20/h5-6,9-13,19-20H,3-4,7-8,14-16H2,1-2H3. The van der Waals surface area contributed by atoms with Crippen molar-refractivity contribution in [1.82, 2.24) is 5.06 Å². The summed E-state index contributed by atoms with van der Waals surface area (Å²) in [4.78, 5) is 18.3. The van der Waals surface area contributed by atoms with E-state index in [1.165, 1.54) is 17.9 Å². The van der Waals surface area contributed by atoms with Gasteiger partial charge in [0.25, 0.3) is 0 Å². The highest BCUT2D eigenvalue weighted by molar-refractivity contribution is 5.78. The van der Waals surface area contributed by atoms with Gasteiger partial charge in [0.15, 0.2) is 11.5 Å². The third-order valence-corrected chi connectivity index (χ3v) is 5.86. The second-order valence-corrected chi connectivity index (χ2v) is 7.92. The van der Waals surface area contributed by atoms with E-state index in [-0.39, 0.29) is 17.9 Å². The van der Waals surface area contributed by atoms with E-state index in [2.05, 4.69) is 0 Å². The van der Waals surface area contributed by atoms with Crippen LogP contribution >= 0.6 is 0 Å². The molecule has 0 radical (unpaired) electrons. The van der Waals surface area contributed by atoms with Gasteiger partial charge >= 0.3 is 0 Å². The number of hydrogen-bond acceptors (Lipinski definition) is 5. The third-order valence-electron chi connectivity index (χ3n) is 5.86. The lowest BCUT2D eigenvalue weighted by Crippen LogP contribution is -2.25. The summed E-state index contributed by atoms with van der Waals surface area (Å²) in [6, 6.07) is 13.6. The summed E-state index contributed by atoms with van der Waals surface area (Å²) in [6.45, 7) is 0.853. The number of carbonyl (C=O) groups excluding carboxylic acids is 1. The molecule has 0 spiro atoms. The van der Waals surface area contributed by atoms with Crippen LogP contribution in [0.1, 0.15) is 49.1 Å². The zero-order valence-electron chi connectivity index (χ0n) is 17.6. The molecule has 0 bridgehead atoms. The molecule has 1 amide bonds. The molecule has 2 fully saturated rings. The van der Waals surface area contributed by atoms with E-state index in [0.29, 0.717) is 19.6 Å². The number of benzene rings is 2. The predicted octanol–water partition coefficient (Wildman–Crippen LogP) is 4.47. The van der Waals surface area contributed by atoms with Gasteiger partial charge in [0.05, 0.1) is 26.9 Å². The molecule has 1 heterocycles. The molecule has 1 unspecified atom stereocenters. The van der Waals surface area contributed by atoms with E-state index in [1.807, 2.05) is 42.5 Å². The molecular formula is C24H29NO5. The maximum absolute atomic E-state index is 12.5. The van der Waals surface area contributed by atoms with Gasteiger partial charge in [-0.3, -0.25) is 9.63 Å². The largest absolute Gasteiger partial charge is 0.497 e. The van der Waals surface area contributed by atoms with Gasteiger partial charge in [-0.2, -0.15) is 0 Å². The average molecular weight is 411 g/mol. The first-order valence-electron chi connectivity index (χ1n) is 10.6. The Bertz CT molecular complexity index is 878. The molecule has 2 aromatic carbocycles. The lowest BCUT2D eigenvalue weighted by molar-refractivity contribution is -0.182. The number of methoxy groups -OCH3 is 2. The van der Waals surface area contributed by atoms with Gasteiger partial charge < -0.3 is 14.2 Å². The Morgan fingerprint density at radius 2 is 1.83 bits per heavy atom. The predicted molar refractivity (Wildman–Crippen MR) is 113 cm³/mol. The average Bonchev–Trinajstić information content (AvgIpc) is 3.42. The van der Waals surface area contributed by atoms with Gasteiger partial charge in [-0.25, -0.2) is 5.06 Å². The van der Waals surface area contributed by atoms with Crippen molar-refractivity contribution in [2.45, 2.75) is 50.7 Å². The third kappa shape index (κ3) is 4.70. The van der Waals surface area contributed by atoms with Crippen molar-refractivity contribution in [3.63, 3.8) is 0 Å². The van der Waals surface area contributed by atoms with Crippen LogP contribution in [0, 0.1) is 0 Å². The molecule has 1 atom stereocenters. The van der Waals surface area contributed by atoms with E-state index < -0.39 is 0 Å². The molecule has 0 aromatic heterocycles. The minimum atomic E-state index is -0.00280. The fourth-order valence-electron chi connectivity index (χ4n) is 4.17. The summed E-state index contributed by atoms with van der Waals surface area (Å²) in [6.07, 6.45) is 5.27. The van der Waals surface area contributed by atoms with Gasteiger partial charge in [0.2, 0.25) is 5.91 Å². The fourth-order valence-corrected chi connectivity index (χ4v) is 4.17. The zero-order valence-corrected chi connectivity index (χ0v) is 17.6. The summed E-state index contributed by atoms with van der Waals surface area (Å²) >= 11 is 0. The van der Waals surface area contributed by atoms with Crippen molar-refractivity contribution in [2.75, 3.05) is 20.8 Å². The molecular weight excluding hydrogens is 382 g/mol. The maximum atomic E-state index is 12.5. The minimum absolute atomic E-state index is 0.00280. The van der Waals surface area contributed by atoms with E-state index in [1.54, 1.807) is 14.2 Å². The molecule has 1 saturated carbocycles. The van der Waals surface area contributed by atoms with Crippen molar-refractivity contribution in [3.8, 4) is 17.2 Å². The van der Waals surface area contributed by atoms with Gasteiger partial charge in [-0.15, -0.1) is 0 Å². The molecule has 1 saturated heterocycles. The summed E-state index contributed by atoms with van der Waals surface area (Å²) in [5.74, 6) is 2.34. The van der Waals surface area contributed by atoms with Gasteiger partial charge in [-0.1, -0.05) is 18.2 Å². The normalized spacial score (nSPS) is 19.3. The lowest BCUT2D eigenvalue weighted by Gasteiger charge is -2.19. The van der Waals surface area contributed by atoms with Crippen LogP contribution in [-0.2, 0) is 16.2 Å². The van der Waals surface area contributed by atoms with E-state index in [4.69, 9.17) is 19.0 Å². The summed E-state index contributed by atoms with van der Waals surface area (Å²) in [5.41, 5.74) is 2.03. The van der Waals surface area contributed by atoms with Crippen molar-refractivity contribution < 1.29 is 23.8 Å². The molecule has 1 aliphatic heterocycles. The highest BCUT2D eigenvalue weighted by atomic mass is 16.7. The lowest BCUT2D eigenvalue weighted by atomic mass is 9.98. The zero-order chi connectivity index (χ0) is 20.9. The number of amides is 1. The van der Waals surface area contributed by atoms with Crippen LogP contribution in [0.15, 0.2) is 42.5 Å². The first-order valence-corrected chi connectivity index (χ1v) is 10.6. The number of nitrogens with zero attached hydrogens (tertiary/aromatic N) is 1. The van der Waals surface area contributed by atoms with Gasteiger partial charge in [0, 0.05) is 12.3 Å². The number of hydroxylamine groups is 2. The maximum Gasteiger partial charge on any atom is 0.246 e. The van der Waals surface area contributed by atoms with Crippen LogP contribution in [0.5, 0.6) is 17.2 Å². The van der Waals surface area contributed by atoms with Gasteiger partial charge in [0.1, 0.15) is 12.4 Å². The van der Waals surface area contributed by atoms with E-state index in [0.717, 1.165) is 41.2 Å².